The Morgan fingerprint density at radius 3 is 2.76 bits per heavy atom. The van der Waals surface area contributed by atoms with Crippen LogP contribution in [0.25, 0.3) is 11.0 Å². The Balaban J connectivity index is 2.17. The van der Waals surface area contributed by atoms with Crippen LogP contribution in [-0.4, -0.2) is 5.78 Å². The Bertz CT molecular complexity index is 691. The monoisotopic (exact) mass is 242 g/mol. The molecule has 2 aromatic heterocycles. The van der Waals surface area contributed by atoms with Gasteiger partial charge in [0.25, 0.3) is 0 Å². The van der Waals surface area contributed by atoms with Gasteiger partial charge in [-0.3, -0.25) is 4.79 Å². The highest BCUT2D eigenvalue weighted by Crippen LogP contribution is 2.25. The van der Waals surface area contributed by atoms with E-state index in [0.717, 1.165) is 21.4 Å². The first-order chi connectivity index (χ1) is 8.27. The Morgan fingerprint density at radius 1 is 1.18 bits per heavy atom. The topological polar surface area (TPSA) is 30.2 Å². The van der Waals surface area contributed by atoms with Gasteiger partial charge in [0, 0.05) is 15.8 Å². The number of thiophene rings is 1. The van der Waals surface area contributed by atoms with Gasteiger partial charge in [-0.1, -0.05) is 18.2 Å². The number of hydrogen-bond donors (Lipinski definition) is 0. The molecule has 2 nitrogen and oxygen atoms in total. The minimum Gasteiger partial charge on any atom is -0.464 e. The van der Waals surface area contributed by atoms with E-state index in [9.17, 15) is 4.79 Å². The Morgan fingerprint density at radius 2 is 2.00 bits per heavy atom. The number of carbonyl (C=O) groups excluding carboxylic acids is 1. The number of carbonyl (C=O) groups is 1. The summed E-state index contributed by atoms with van der Waals surface area (Å²) in [5, 5.41) is 2.81. The van der Waals surface area contributed by atoms with E-state index in [-0.39, 0.29) is 5.78 Å². The van der Waals surface area contributed by atoms with E-state index in [1.807, 2.05) is 42.6 Å². The van der Waals surface area contributed by atoms with Gasteiger partial charge in [-0.2, -0.15) is 0 Å². The van der Waals surface area contributed by atoms with Crippen molar-refractivity contribution in [1.82, 2.24) is 0 Å². The van der Waals surface area contributed by atoms with Gasteiger partial charge in [0.15, 0.2) is 5.78 Å². The number of benzene rings is 1. The summed E-state index contributed by atoms with van der Waals surface area (Å²) in [5.74, 6) is 0.0358. The van der Waals surface area contributed by atoms with Crippen LogP contribution >= 0.6 is 11.3 Å². The van der Waals surface area contributed by atoms with E-state index in [4.69, 9.17) is 4.42 Å². The molecule has 0 aliphatic heterocycles. The van der Waals surface area contributed by atoms with Crippen LogP contribution in [0.5, 0.6) is 0 Å². The zero-order valence-electron chi connectivity index (χ0n) is 9.27. The van der Waals surface area contributed by atoms with Crippen LogP contribution in [0.1, 0.15) is 20.8 Å². The van der Waals surface area contributed by atoms with Crippen molar-refractivity contribution in [2.45, 2.75) is 6.92 Å². The van der Waals surface area contributed by atoms with Crippen LogP contribution in [0, 0.1) is 6.92 Å². The van der Waals surface area contributed by atoms with Gasteiger partial charge in [-0.25, -0.2) is 0 Å². The van der Waals surface area contributed by atoms with E-state index >= 15 is 0 Å². The molecule has 0 amide bonds. The number of rotatable bonds is 2. The molecule has 3 heteroatoms. The first-order valence-corrected chi connectivity index (χ1v) is 6.20. The molecule has 3 rings (SSSR count). The van der Waals surface area contributed by atoms with Crippen LogP contribution in [0.15, 0.2) is 46.4 Å². The molecule has 3 aromatic rings. The summed E-state index contributed by atoms with van der Waals surface area (Å²) in [5.41, 5.74) is 2.16. The van der Waals surface area contributed by atoms with Crippen LogP contribution < -0.4 is 0 Å². The van der Waals surface area contributed by atoms with Crippen molar-refractivity contribution in [2.24, 2.45) is 0 Å². The molecule has 2 heterocycles. The SMILES string of the molecule is Cc1sccc1C(=O)c1coc2ccccc12. The second kappa shape index (κ2) is 3.86. The molecule has 0 spiro atoms. The summed E-state index contributed by atoms with van der Waals surface area (Å²) in [6.07, 6.45) is 1.55. The molecule has 0 N–H and O–H groups in total. The number of hydrogen-bond acceptors (Lipinski definition) is 3. The third-order valence-corrected chi connectivity index (χ3v) is 3.67. The summed E-state index contributed by atoms with van der Waals surface area (Å²) in [7, 11) is 0. The molecule has 0 bridgehead atoms. The maximum absolute atomic E-state index is 12.4. The molecule has 0 unspecified atom stereocenters. The number of furan rings is 1. The number of fused-ring (bicyclic) bond motifs is 1. The fourth-order valence-corrected chi connectivity index (χ4v) is 2.62. The second-order valence-corrected chi connectivity index (χ2v) is 4.99. The maximum Gasteiger partial charge on any atom is 0.197 e. The third kappa shape index (κ3) is 1.59. The molecule has 84 valence electrons. The highest BCUT2D eigenvalue weighted by molar-refractivity contribution is 7.10. The largest absolute Gasteiger partial charge is 0.464 e. The van der Waals surface area contributed by atoms with Gasteiger partial charge in [0.2, 0.25) is 0 Å². The first kappa shape index (κ1) is 10.3. The Labute approximate surface area is 102 Å². The average Bonchev–Trinajstić information content (AvgIpc) is 2.94. The zero-order valence-corrected chi connectivity index (χ0v) is 10.1. The van der Waals surface area contributed by atoms with Crippen molar-refractivity contribution in [3.05, 3.63) is 58.0 Å². The van der Waals surface area contributed by atoms with Crippen LogP contribution in [0.3, 0.4) is 0 Å². The lowest BCUT2D eigenvalue weighted by Crippen LogP contribution is -1.99. The van der Waals surface area contributed by atoms with Crippen molar-refractivity contribution < 1.29 is 9.21 Å². The molecule has 0 atom stereocenters. The fraction of sp³-hybridized carbons (Fsp3) is 0.0714. The molecular formula is C14H10O2S. The average molecular weight is 242 g/mol. The lowest BCUT2D eigenvalue weighted by atomic mass is 10.0. The predicted octanol–water partition coefficient (Wildman–Crippen LogP) is 4.03. The Kier molecular flexibility index (Phi) is 2.34. The lowest BCUT2D eigenvalue weighted by molar-refractivity contribution is 0.103. The van der Waals surface area contributed by atoms with Crippen molar-refractivity contribution >= 4 is 28.1 Å². The normalized spacial score (nSPS) is 10.9. The molecule has 0 saturated carbocycles. The van der Waals surface area contributed by atoms with Crippen molar-refractivity contribution in [1.29, 1.82) is 0 Å². The molecule has 17 heavy (non-hydrogen) atoms. The highest BCUT2D eigenvalue weighted by Gasteiger charge is 2.17. The fourth-order valence-electron chi connectivity index (χ4n) is 1.92. The van der Waals surface area contributed by atoms with Crippen molar-refractivity contribution in [3.8, 4) is 0 Å². The van der Waals surface area contributed by atoms with Gasteiger partial charge < -0.3 is 4.42 Å². The van der Waals surface area contributed by atoms with E-state index < -0.39 is 0 Å². The van der Waals surface area contributed by atoms with E-state index in [2.05, 4.69) is 0 Å². The standard InChI is InChI=1S/C14H10O2S/c1-9-10(6-7-17-9)14(15)12-8-16-13-5-3-2-4-11(12)13/h2-8H,1H3. The van der Waals surface area contributed by atoms with E-state index in [0.29, 0.717) is 5.56 Å². The molecule has 0 radical (unpaired) electrons. The smallest absolute Gasteiger partial charge is 0.197 e. The van der Waals surface area contributed by atoms with Crippen molar-refractivity contribution in [3.63, 3.8) is 0 Å². The first-order valence-electron chi connectivity index (χ1n) is 5.32. The predicted molar refractivity (Wildman–Crippen MR) is 68.7 cm³/mol. The number of aryl methyl sites for hydroxylation is 1. The van der Waals surface area contributed by atoms with Gasteiger partial charge >= 0.3 is 0 Å². The maximum atomic E-state index is 12.4. The number of ketones is 1. The second-order valence-electron chi connectivity index (χ2n) is 3.87. The quantitative estimate of drug-likeness (QED) is 0.635. The van der Waals surface area contributed by atoms with Crippen LogP contribution in [0.4, 0.5) is 0 Å². The van der Waals surface area contributed by atoms with Gasteiger partial charge in [0.05, 0.1) is 5.56 Å². The minimum atomic E-state index is 0.0358. The summed E-state index contributed by atoms with van der Waals surface area (Å²) in [6, 6.07) is 9.45. The van der Waals surface area contributed by atoms with Crippen LogP contribution in [0.2, 0.25) is 0 Å². The molecule has 0 fully saturated rings. The van der Waals surface area contributed by atoms with E-state index in [1.165, 1.54) is 0 Å². The molecule has 0 aliphatic rings. The zero-order chi connectivity index (χ0) is 11.8. The summed E-state index contributed by atoms with van der Waals surface area (Å²) < 4.78 is 5.39. The van der Waals surface area contributed by atoms with Gasteiger partial charge in [-0.15, -0.1) is 11.3 Å². The highest BCUT2D eigenvalue weighted by atomic mass is 32.1. The van der Waals surface area contributed by atoms with Crippen molar-refractivity contribution in [2.75, 3.05) is 0 Å². The van der Waals surface area contributed by atoms with Gasteiger partial charge in [-0.05, 0) is 24.4 Å². The summed E-state index contributed by atoms with van der Waals surface area (Å²) in [4.78, 5) is 13.4. The Hall–Kier alpha value is -1.87. The van der Waals surface area contributed by atoms with Crippen LogP contribution in [-0.2, 0) is 0 Å². The summed E-state index contributed by atoms with van der Waals surface area (Å²) in [6.45, 7) is 1.96. The molecule has 0 saturated heterocycles. The molecular weight excluding hydrogens is 232 g/mol. The number of para-hydroxylation sites is 1. The van der Waals surface area contributed by atoms with E-state index in [1.54, 1.807) is 17.6 Å². The lowest BCUT2D eigenvalue weighted by Gasteiger charge is -1.97. The third-order valence-electron chi connectivity index (χ3n) is 2.83. The van der Waals surface area contributed by atoms with Gasteiger partial charge in [0.1, 0.15) is 11.8 Å². The molecule has 0 aliphatic carbocycles. The summed E-state index contributed by atoms with van der Waals surface area (Å²) >= 11 is 1.58. The minimum absolute atomic E-state index is 0.0358. The molecule has 1 aromatic carbocycles.